The van der Waals surface area contributed by atoms with Gasteiger partial charge < -0.3 is 5.32 Å². The van der Waals surface area contributed by atoms with E-state index in [9.17, 15) is 13.2 Å². The summed E-state index contributed by atoms with van der Waals surface area (Å²) in [6.07, 6.45) is -4.38. The molecule has 0 saturated carbocycles. The average Bonchev–Trinajstić information content (AvgIpc) is 2.14. The Kier molecular flexibility index (Phi) is 3.00. The second-order valence-electron chi connectivity index (χ2n) is 2.59. The van der Waals surface area contributed by atoms with Crippen LogP contribution in [0.3, 0.4) is 0 Å². The summed E-state index contributed by atoms with van der Waals surface area (Å²) in [5, 5.41) is 2.81. The standard InChI is InChI=1S/C7H8BrF3N2/c1-4-5(8)6(7(9,10)11)13-3-2-12-4/h12H,2-3H2,1H3. The molecule has 0 bridgehead atoms. The molecule has 1 N–H and O–H groups in total. The van der Waals surface area contributed by atoms with Crippen LogP contribution in [0.2, 0.25) is 0 Å². The van der Waals surface area contributed by atoms with Crippen molar-refractivity contribution in [2.45, 2.75) is 13.1 Å². The molecule has 74 valence electrons. The van der Waals surface area contributed by atoms with Gasteiger partial charge in [0, 0.05) is 12.2 Å². The summed E-state index contributed by atoms with van der Waals surface area (Å²) in [6, 6.07) is 0. The van der Waals surface area contributed by atoms with Crippen molar-refractivity contribution in [1.82, 2.24) is 5.32 Å². The second-order valence-corrected chi connectivity index (χ2v) is 3.39. The SMILES string of the molecule is CC1=C(Br)C(C(F)(F)F)=NCCN1. The maximum atomic E-state index is 12.3. The zero-order valence-electron chi connectivity index (χ0n) is 6.87. The van der Waals surface area contributed by atoms with Crippen LogP contribution in [0.4, 0.5) is 13.2 Å². The molecule has 2 nitrogen and oxygen atoms in total. The maximum Gasteiger partial charge on any atom is 0.434 e. The molecule has 0 aromatic carbocycles. The van der Waals surface area contributed by atoms with Crippen LogP contribution in [-0.2, 0) is 0 Å². The lowest BCUT2D eigenvalue weighted by Gasteiger charge is -2.09. The quantitative estimate of drug-likeness (QED) is 0.707. The topological polar surface area (TPSA) is 24.4 Å². The van der Waals surface area contributed by atoms with Crippen molar-refractivity contribution in [3.8, 4) is 0 Å². The smallest absolute Gasteiger partial charge is 0.386 e. The van der Waals surface area contributed by atoms with E-state index in [0.717, 1.165) is 0 Å². The Bertz CT molecular complexity index is 267. The van der Waals surface area contributed by atoms with E-state index in [2.05, 4.69) is 26.2 Å². The van der Waals surface area contributed by atoms with Crippen LogP contribution < -0.4 is 5.32 Å². The van der Waals surface area contributed by atoms with Gasteiger partial charge in [0.05, 0.1) is 11.0 Å². The van der Waals surface area contributed by atoms with Crippen LogP contribution >= 0.6 is 15.9 Å². The molecule has 1 rings (SSSR count). The van der Waals surface area contributed by atoms with E-state index in [1.165, 1.54) is 0 Å². The molecule has 13 heavy (non-hydrogen) atoms. The normalized spacial score (nSPS) is 19.3. The summed E-state index contributed by atoms with van der Waals surface area (Å²) in [6.45, 7) is 2.15. The number of alkyl halides is 3. The molecule has 0 radical (unpaired) electrons. The lowest BCUT2D eigenvalue weighted by Crippen LogP contribution is -2.24. The zero-order chi connectivity index (χ0) is 10.1. The molecular formula is C7H8BrF3N2. The fraction of sp³-hybridized carbons (Fsp3) is 0.571. The summed E-state index contributed by atoms with van der Waals surface area (Å²) in [5.74, 6) is 0. The van der Waals surface area contributed by atoms with Gasteiger partial charge in [-0.05, 0) is 22.9 Å². The number of rotatable bonds is 0. The fourth-order valence-corrected chi connectivity index (χ4v) is 1.44. The molecule has 1 aliphatic heterocycles. The predicted octanol–water partition coefficient (Wildman–Crippen LogP) is 2.22. The summed E-state index contributed by atoms with van der Waals surface area (Å²) < 4.78 is 37.0. The van der Waals surface area contributed by atoms with Gasteiger partial charge in [0.15, 0.2) is 5.71 Å². The monoisotopic (exact) mass is 256 g/mol. The molecule has 0 amide bonds. The van der Waals surface area contributed by atoms with E-state index >= 15 is 0 Å². The molecule has 0 aliphatic carbocycles. The maximum absolute atomic E-state index is 12.3. The minimum Gasteiger partial charge on any atom is -0.386 e. The van der Waals surface area contributed by atoms with Crippen molar-refractivity contribution in [3.63, 3.8) is 0 Å². The van der Waals surface area contributed by atoms with Gasteiger partial charge in [-0.1, -0.05) is 0 Å². The van der Waals surface area contributed by atoms with Crippen molar-refractivity contribution in [1.29, 1.82) is 0 Å². The molecule has 1 aliphatic rings. The highest BCUT2D eigenvalue weighted by molar-refractivity contribution is 9.12. The number of halogens is 4. The third-order valence-corrected chi connectivity index (χ3v) is 2.55. The van der Waals surface area contributed by atoms with Crippen molar-refractivity contribution in [2.75, 3.05) is 13.1 Å². The van der Waals surface area contributed by atoms with Gasteiger partial charge in [-0.15, -0.1) is 0 Å². The van der Waals surface area contributed by atoms with Crippen molar-refractivity contribution < 1.29 is 13.2 Å². The number of hydrogen-bond donors (Lipinski definition) is 1. The van der Waals surface area contributed by atoms with E-state index < -0.39 is 11.9 Å². The third-order valence-electron chi connectivity index (χ3n) is 1.58. The van der Waals surface area contributed by atoms with Crippen LogP contribution in [0.25, 0.3) is 0 Å². The Labute approximate surface area is 82.0 Å². The van der Waals surface area contributed by atoms with Gasteiger partial charge >= 0.3 is 6.18 Å². The summed E-state index contributed by atoms with van der Waals surface area (Å²) in [7, 11) is 0. The van der Waals surface area contributed by atoms with Crippen LogP contribution in [0, 0.1) is 0 Å². The minimum absolute atomic E-state index is 0.00231. The predicted molar refractivity (Wildman–Crippen MR) is 48.0 cm³/mol. The second kappa shape index (κ2) is 3.69. The van der Waals surface area contributed by atoms with E-state index in [1.807, 2.05) is 0 Å². The van der Waals surface area contributed by atoms with Crippen molar-refractivity contribution in [2.24, 2.45) is 4.99 Å². The first-order valence-corrected chi connectivity index (χ1v) is 4.44. The van der Waals surface area contributed by atoms with Gasteiger partial charge in [-0.3, -0.25) is 4.99 Å². The molecule has 0 spiro atoms. The molecule has 1 heterocycles. The van der Waals surface area contributed by atoms with Crippen molar-refractivity contribution >= 4 is 21.6 Å². The van der Waals surface area contributed by atoms with Gasteiger partial charge in [-0.2, -0.15) is 13.2 Å². The Morgan fingerprint density at radius 2 is 2.08 bits per heavy atom. The van der Waals surface area contributed by atoms with Gasteiger partial charge in [0.1, 0.15) is 0 Å². The average molecular weight is 257 g/mol. The molecule has 0 fully saturated rings. The highest BCUT2D eigenvalue weighted by Gasteiger charge is 2.38. The molecule has 0 aromatic heterocycles. The number of nitrogens with one attached hydrogen (secondary N) is 1. The number of hydrogen-bond acceptors (Lipinski definition) is 2. The van der Waals surface area contributed by atoms with E-state index in [-0.39, 0.29) is 11.0 Å². The van der Waals surface area contributed by atoms with Crippen molar-refractivity contribution in [3.05, 3.63) is 10.2 Å². The van der Waals surface area contributed by atoms with Gasteiger partial charge in [0.2, 0.25) is 0 Å². The molecular weight excluding hydrogens is 249 g/mol. The van der Waals surface area contributed by atoms with Gasteiger partial charge in [0.25, 0.3) is 0 Å². The largest absolute Gasteiger partial charge is 0.434 e. The lowest BCUT2D eigenvalue weighted by molar-refractivity contribution is -0.0580. The lowest BCUT2D eigenvalue weighted by atomic mass is 10.3. The van der Waals surface area contributed by atoms with Crippen LogP contribution in [0.5, 0.6) is 0 Å². The first-order valence-electron chi connectivity index (χ1n) is 3.65. The first kappa shape index (κ1) is 10.6. The van der Waals surface area contributed by atoms with Crippen LogP contribution in [0.15, 0.2) is 15.2 Å². The molecule has 0 saturated heterocycles. The Morgan fingerprint density at radius 1 is 1.46 bits per heavy atom. The molecule has 6 heteroatoms. The number of allylic oxidation sites excluding steroid dienone is 2. The first-order chi connectivity index (χ1) is 5.93. The Morgan fingerprint density at radius 3 is 2.62 bits per heavy atom. The summed E-state index contributed by atoms with van der Waals surface area (Å²) in [5.41, 5.74) is -0.372. The number of nitrogens with zero attached hydrogens (tertiary/aromatic N) is 1. The van der Waals surface area contributed by atoms with Crippen LogP contribution in [-0.4, -0.2) is 25.0 Å². The van der Waals surface area contributed by atoms with Crippen LogP contribution in [0.1, 0.15) is 6.92 Å². The Hall–Kier alpha value is -0.520. The fourth-order valence-electron chi connectivity index (χ4n) is 0.950. The molecule has 0 aromatic rings. The van der Waals surface area contributed by atoms with Gasteiger partial charge in [-0.25, -0.2) is 0 Å². The Balaban J connectivity index is 3.05. The molecule has 0 atom stereocenters. The highest BCUT2D eigenvalue weighted by atomic mass is 79.9. The van der Waals surface area contributed by atoms with E-state index in [4.69, 9.17) is 0 Å². The number of aliphatic imine (C=N–C) groups is 1. The highest BCUT2D eigenvalue weighted by Crippen LogP contribution is 2.27. The van der Waals surface area contributed by atoms with E-state index in [0.29, 0.717) is 12.2 Å². The molecule has 0 unspecified atom stereocenters. The summed E-state index contributed by atoms with van der Waals surface area (Å²) in [4.78, 5) is 3.45. The summed E-state index contributed by atoms with van der Waals surface area (Å²) >= 11 is 2.87. The third kappa shape index (κ3) is 2.46. The zero-order valence-corrected chi connectivity index (χ0v) is 8.46. The minimum atomic E-state index is -4.38. The van der Waals surface area contributed by atoms with E-state index in [1.54, 1.807) is 6.92 Å².